The molecule has 12 heteroatoms. The van der Waals surface area contributed by atoms with E-state index in [9.17, 15) is 13.2 Å². The van der Waals surface area contributed by atoms with Gasteiger partial charge in [-0.2, -0.15) is 0 Å². The molecule has 0 atom stereocenters. The van der Waals surface area contributed by atoms with E-state index in [0.29, 0.717) is 17.2 Å². The van der Waals surface area contributed by atoms with Crippen molar-refractivity contribution in [1.82, 2.24) is 5.16 Å². The summed E-state index contributed by atoms with van der Waals surface area (Å²) in [5, 5.41) is 5.11. The number of carbonyl (C=O) groups excluding carboxylic acids is 1. The summed E-state index contributed by atoms with van der Waals surface area (Å²) >= 11 is 6.98. The third kappa shape index (κ3) is 4.39. The van der Waals surface area contributed by atoms with Crippen molar-refractivity contribution in [2.75, 3.05) is 6.79 Å². The Morgan fingerprint density at radius 3 is 2.63 bits per heavy atom. The molecule has 0 fully saturated rings. The average Bonchev–Trinajstić information content (AvgIpc) is 3.39. The van der Waals surface area contributed by atoms with Gasteiger partial charge in [-0.05, 0) is 48.6 Å². The van der Waals surface area contributed by atoms with Crippen LogP contribution < -0.4 is 39.0 Å². The molecule has 0 unspecified atom stereocenters. The van der Waals surface area contributed by atoms with Gasteiger partial charge in [0.25, 0.3) is 0 Å². The van der Waals surface area contributed by atoms with E-state index in [1.54, 1.807) is 19.1 Å². The third-order valence-corrected chi connectivity index (χ3v) is 7.14. The molecule has 0 amide bonds. The molecule has 3 heterocycles. The number of hydrogen-bond acceptors (Lipinski definition) is 8. The zero-order valence-corrected chi connectivity index (χ0v) is 20.7. The van der Waals surface area contributed by atoms with Crippen molar-refractivity contribution in [2.24, 2.45) is 0 Å². The number of ketones is 1. The number of halogens is 1. The largest absolute Gasteiger partial charge is 1.00 e. The SMILES string of the molecule is Cc1cc2c(cc1CC(=O)c1sccc1S(=O)(=O)[N-][13c]1on[13c]([13CH3])[13c]1Cl)OCO2.[Na+]. The predicted octanol–water partition coefficient (Wildman–Crippen LogP) is 1.56. The number of rotatable bonds is 6. The molecule has 0 bridgehead atoms. The predicted molar refractivity (Wildman–Crippen MR) is 106 cm³/mol. The summed E-state index contributed by atoms with van der Waals surface area (Å²) in [6, 6.07) is 4.86. The molecule has 152 valence electrons. The van der Waals surface area contributed by atoms with Crippen LogP contribution in [-0.4, -0.2) is 26.2 Å². The van der Waals surface area contributed by atoms with Crippen LogP contribution in [0.2, 0.25) is 5.02 Å². The minimum absolute atomic E-state index is 0. The Balaban J connectivity index is 0.00000256. The molecule has 1 aliphatic rings. The van der Waals surface area contributed by atoms with Crippen LogP contribution in [0.3, 0.4) is 0 Å². The minimum atomic E-state index is -4.22. The average molecular weight is 481 g/mol. The summed E-state index contributed by atoms with van der Waals surface area (Å²) in [5.74, 6) is 0.509. The van der Waals surface area contributed by atoms with Gasteiger partial charge in [-0.3, -0.25) is 4.79 Å². The van der Waals surface area contributed by atoms with Gasteiger partial charge in [-0.1, -0.05) is 16.8 Å². The smallest absolute Gasteiger partial charge is 0.538 e. The zero-order chi connectivity index (χ0) is 20.8. The molecule has 0 spiro atoms. The number of aryl methyl sites for hydroxylation is 2. The first-order valence-electron chi connectivity index (χ1n) is 8.36. The van der Waals surface area contributed by atoms with Crippen LogP contribution >= 0.6 is 22.9 Å². The number of carbonyl (C=O) groups is 1. The molecule has 0 saturated carbocycles. The fourth-order valence-electron chi connectivity index (χ4n) is 2.79. The van der Waals surface area contributed by atoms with E-state index in [0.717, 1.165) is 22.5 Å². The second-order valence-corrected chi connectivity index (χ2v) is 9.17. The maximum atomic E-state index is 12.9. The quantitative estimate of drug-likeness (QED) is 0.299. The normalized spacial score (nSPS) is 12.5. The summed E-state index contributed by atoms with van der Waals surface area (Å²) in [6.45, 7) is 3.54. The molecule has 0 N–H and O–H groups in total. The first kappa shape index (κ1) is 23.1. The van der Waals surface area contributed by atoms with Crippen molar-refractivity contribution in [3.8, 4) is 11.5 Å². The summed E-state index contributed by atoms with van der Waals surface area (Å²) in [6.07, 6.45) is 0.00762. The Morgan fingerprint density at radius 2 is 1.97 bits per heavy atom. The molecule has 1 aromatic carbocycles. The number of fused-ring (bicyclic) bond motifs is 1. The standard InChI is InChI=1S/C18H14ClN2O6S2.Na/c1-9-5-13-14(26-8-25-13)7-11(9)6-12(22)17-15(3-4-28-17)29(23,24)21-18-16(19)10(2)20-27-18;/h3-5,7H,6,8H2,1-2H3;/q-1;+1/i2+1,10+1,16+1,18+1;. The Morgan fingerprint density at radius 1 is 1.27 bits per heavy atom. The van der Waals surface area contributed by atoms with Crippen molar-refractivity contribution in [3.05, 3.63) is 55.0 Å². The molecular formula is C18H14ClN2NaO6S2. The molecular weight excluding hydrogens is 467 g/mol. The van der Waals surface area contributed by atoms with Gasteiger partial charge in [0.1, 0.15) is 10.0 Å². The molecule has 8 nitrogen and oxygen atoms in total. The van der Waals surface area contributed by atoms with Crippen LogP contribution in [0.1, 0.15) is 26.5 Å². The zero-order valence-electron chi connectivity index (χ0n) is 16.3. The molecule has 4 rings (SSSR count). The molecule has 2 aromatic heterocycles. The molecule has 0 radical (unpaired) electrons. The molecule has 0 aliphatic carbocycles. The first-order chi connectivity index (χ1) is 13.8. The van der Waals surface area contributed by atoms with Gasteiger partial charge in [0.15, 0.2) is 17.3 Å². The summed E-state index contributed by atoms with van der Waals surface area (Å²) in [4.78, 5) is 12.8. The number of nitrogens with zero attached hydrogens (tertiary/aromatic N) is 2. The second-order valence-electron chi connectivity index (χ2n) is 6.30. The second kappa shape index (κ2) is 8.89. The van der Waals surface area contributed by atoms with Crippen LogP contribution in [0.25, 0.3) is 4.72 Å². The van der Waals surface area contributed by atoms with Crippen LogP contribution in [-0.2, 0) is 16.4 Å². The Kier molecular flexibility index (Phi) is 6.85. The molecule has 0 saturated heterocycles. The van der Waals surface area contributed by atoms with Crippen molar-refractivity contribution in [3.63, 3.8) is 0 Å². The van der Waals surface area contributed by atoms with Crippen LogP contribution in [0.15, 0.2) is 33.0 Å². The number of Topliss-reactive ketones (excluding diaryl/α,β-unsaturated/α-hetero) is 1. The Hall–Kier alpha value is -1.56. The van der Waals surface area contributed by atoms with Gasteiger partial charge in [0, 0.05) is 6.42 Å². The Labute approximate surface area is 203 Å². The monoisotopic (exact) mass is 480 g/mol. The van der Waals surface area contributed by atoms with Gasteiger partial charge in [0.05, 0.1) is 26.4 Å². The topological polar surface area (TPSA) is 110 Å². The number of hydrogen-bond donors (Lipinski definition) is 0. The van der Waals surface area contributed by atoms with E-state index < -0.39 is 10.0 Å². The van der Waals surface area contributed by atoms with Gasteiger partial charge in [-0.25, -0.2) is 8.42 Å². The summed E-state index contributed by atoms with van der Waals surface area (Å²) < 4.78 is 44.6. The molecule has 30 heavy (non-hydrogen) atoms. The van der Waals surface area contributed by atoms with Crippen molar-refractivity contribution in [2.45, 2.75) is 25.2 Å². The molecule has 1 aliphatic heterocycles. The third-order valence-electron chi connectivity index (χ3n) is 4.32. The van der Waals surface area contributed by atoms with Gasteiger partial charge in [0.2, 0.25) is 6.79 Å². The van der Waals surface area contributed by atoms with Crippen LogP contribution in [0.4, 0.5) is 5.88 Å². The van der Waals surface area contributed by atoms with Gasteiger partial charge >= 0.3 is 29.6 Å². The summed E-state index contributed by atoms with van der Waals surface area (Å²) in [5.41, 5.74) is 1.89. The van der Waals surface area contributed by atoms with E-state index in [2.05, 4.69) is 9.88 Å². The number of benzene rings is 1. The van der Waals surface area contributed by atoms with Gasteiger partial charge in [-0.15, -0.1) is 11.3 Å². The van der Waals surface area contributed by atoms with E-state index in [-0.39, 0.29) is 69.2 Å². The van der Waals surface area contributed by atoms with E-state index >= 15 is 0 Å². The van der Waals surface area contributed by atoms with E-state index in [4.69, 9.17) is 25.6 Å². The van der Waals surface area contributed by atoms with Crippen LogP contribution in [0.5, 0.6) is 11.5 Å². The first-order valence-corrected chi connectivity index (χ1v) is 11.1. The maximum absolute atomic E-state index is 12.9. The van der Waals surface area contributed by atoms with E-state index in [1.807, 2.05) is 6.92 Å². The fraction of sp³-hybridized carbons (Fsp3) is 0.222. The summed E-state index contributed by atoms with van der Waals surface area (Å²) in [7, 11) is -4.22. The number of aromatic nitrogens is 1. The van der Waals surface area contributed by atoms with Crippen molar-refractivity contribution in [1.29, 1.82) is 0 Å². The maximum Gasteiger partial charge on any atom is 1.00 e. The van der Waals surface area contributed by atoms with Gasteiger partial charge < -0.3 is 18.7 Å². The van der Waals surface area contributed by atoms with Crippen molar-refractivity contribution >= 4 is 44.6 Å². The van der Waals surface area contributed by atoms with Crippen LogP contribution in [0, 0.1) is 13.8 Å². The Bertz CT molecular complexity index is 1220. The number of ether oxygens (including phenoxy) is 2. The number of thiophene rings is 1. The fourth-order valence-corrected chi connectivity index (χ4v) is 5.26. The minimum Gasteiger partial charge on any atom is -0.538 e. The van der Waals surface area contributed by atoms with E-state index in [1.165, 1.54) is 11.4 Å². The van der Waals surface area contributed by atoms with Crippen molar-refractivity contribution < 1.29 is 56.8 Å². The molecule has 3 aromatic rings. The number of sulfonamides is 1.